The number of hydrogen-bond donors (Lipinski definition) is 0. The molecule has 3 aromatic carbocycles. The Balaban J connectivity index is 2.41. The van der Waals surface area contributed by atoms with Crippen LogP contribution in [-0.4, -0.2) is 39.3 Å². The third kappa shape index (κ3) is 4.49. The Morgan fingerprint density at radius 3 is 1.33 bits per heavy atom. The normalized spacial score (nSPS) is 11.4. The fraction of sp³-hybridized carbons (Fsp3) is 0.269. The van der Waals surface area contributed by atoms with Gasteiger partial charge in [0.2, 0.25) is 0 Å². The fourth-order valence-electron chi connectivity index (χ4n) is 4.18. The molecule has 156 valence electrons. The van der Waals surface area contributed by atoms with Crippen LogP contribution in [0, 0.1) is 20.8 Å². The first-order chi connectivity index (χ1) is 14.5. The molecule has 0 aromatic heterocycles. The number of thiocarbonyl (C=S) groups is 1. The SMILES string of the molecule is CCN(CC)C(=S)[S][Sn]([c]1ccccc1C)([c]1ccccc1C)[c]1ccccc1C. The summed E-state index contributed by atoms with van der Waals surface area (Å²) >= 11 is 2.55. The molecule has 0 saturated carbocycles. The molecule has 1 nitrogen and oxygen atoms in total. The van der Waals surface area contributed by atoms with E-state index in [1.165, 1.54) is 27.4 Å². The van der Waals surface area contributed by atoms with Crippen molar-refractivity contribution < 1.29 is 0 Å². The molecule has 0 bridgehead atoms. The summed E-state index contributed by atoms with van der Waals surface area (Å²) in [6, 6.07) is 26.9. The van der Waals surface area contributed by atoms with Gasteiger partial charge in [-0.05, 0) is 0 Å². The van der Waals surface area contributed by atoms with E-state index in [0.717, 1.165) is 17.4 Å². The zero-order chi connectivity index (χ0) is 21.7. The third-order valence-electron chi connectivity index (χ3n) is 5.84. The Morgan fingerprint density at radius 1 is 0.700 bits per heavy atom. The Bertz CT molecular complexity index is 916. The van der Waals surface area contributed by atoms with Crippen molar-refractivity contribution in [2.75, 3.05) is 13.1 Å². The van der Waals surface area contributed by atoms with Gasteiger partial charge in [0.15, 0.2) is 0 Å². The van der Waals surface area contributed by atoms with Crippen molar-refractivity contribution in [3.05, 3.63) is 89.5 Å². The van der Waals surface area contributed by atoms with Gasteiger partial charge >= 0.3 is 195 Å². The molecule has 0 spiro atoms. The van der Waals surface area contributed by atoms with E-state index in [0.29, 0.717) is 0 Å². The average Bonchev–Trinajstić information content (AvgIpc) is 2.74. The zero-order valence-corrected chi connectivity index (χ0v) is 23.1. The summed E-state index contributed by atoms with van der Waals surface area (Å²) < 4.78 is 5.56. The average molecular weight is 540 g/mol. The second-order valence-electron chi connectivity index (χ2n) is 7.67. The Morgan fingerprint density at radius 2 is 1.03 bits per heavy atom. The van der Waals surface area contributed by atoms with E-state index in [-0.39, 0.29) is 0 Å². The Labute approximate surface area is 194 Å². The molecule has 0 aliphatic rings. The van der Waals surface area contributed by atoms with Crippen LogP contribution in [0.1, 0.15) is 30.5 Å². The fourth-order valence-corrected chi connectivity index (χ4v) is 29.5. The van der Waals surface area contributed by atoms with E-state index in [1.54, 1.807) is 0 Å². The first-order valence-corrected chi connectivity index (χ1v) is 19.6. The van der Waals surface area contributed by atoms with Crippen molar-refractivity contribution in [2.24, 2.45) is 0 Å². The van der Waals surface area contributed by atoms with Gasteiger partial charge < -0.3 is 0 Å². The topological polar surface area (TPSA) is 3.24 Å². The van der Waals surface area contributed by atoms with Gasteiger partial charge in [0.25, 0.3) is 0 Å². The van der Waals surface area contributed by atoms with E-state index >= 15 is 0 Å². The maximum absolute atomic E-state index is 6.09. The summed E-state index contributed by atoms with van der Waals surface area (Å²) in [7, 11) is 2.02. The van der Waals surface area contributed by atoms with Gasteiger partial charge in [0.1, 0.15) is 0 Å². The van der Waals surface area contributed by atoms with Gasteiger partial charge in [-0.15, -0.1) is 0 Å². The molecule has 3 rings (SSSR count). The van der Waals surface area contributed by atoms with Crippen LogP contribution in [0.5, 0.6) is 0 Å². The van der Waals surface area contributed by atoms with Gasteiger partial charge in [0, 0.05) is 0 Å². The van der Waals surface area contributed by atoms with Crippen molar-refractivity contribution in [1.29, 1.82) is 0 Å². The van der Waals surface area contributed by atoms with Crippen molar-refractivity contribution in [2.45, 2.75) is 34.6 Å². The summed E-state index contributed by atoms with van der Waals surface area (Å²) in [5.41, 5.74) is 4.11. The molecule has 0 saturated heterocycles. The van der Waals surface area contributed by atoms with Crippen molar-refractivity contribution in [1.82, 2.24) is 4.90 Å². The predicted molar refractivity (Wildman–Crippen MR) is 141 cm³/mol. The van der Waals surface area contributed by atoms with Crippen LogP contribution in [-0.2, 0) is 0 Å². The van der Waals surface area contributed by atoms with Crippen LogP contribution in [0.2, 0.25) is 0 Å². The van der Waals surface area contributed by atoms with Crippen molar-refractivity contribution in [3.63, 3.8) is 0 Å². The van der Waals surface area contributed by atoms with E-state index in [9.17, 15) is 0 Å². The molecule has 3 aromatic rings. The van der Waals surface area contributed by atoms with E-state index in [4.69, 9.17) is 12.2 Å². The molecule has 0 radical (unpaired) electrons. The van der Waals surface area contributed by atoms with Crippen LogP contribution in [0.3, 0.4) is 0 Å². The van der Waals surface area contributed by atoms with Crippen molar-refractivity contribution >= 4 is 53.2 Å². The summed E-state index contributed by atoms with van der Waals surface area (Å²) in [5.74, 6) is 0. The van der Waals surface area contributed by atoms with Crippen LogP contribution < -0.4 is 10.7 Å². The van der Waals surface area contributed by atoms with Crippen LogP contribution in [0.25, 0.3) is 0 Å². The van der Waals surface area contributed by atoms with Crippen molar-refractivity contribution in [3.8, 4) is 0 Å². The molecule has 0 fully saturated rings. The minimum atomic E-state index is -3.54. The number of nitrogens with zero attached hydrogens (tertiary/aromatic N) is 1. The summed E-state index contributed by atoms with van der Waals surface area (Å²) in [5, 5.41) is 0. The summed E-state index contributed by atoms with van der Waals surface area (Å²) in [6.07, 6.45) is 0. The molecular formula is C26H31NS2Sn. The first-order valence-electron chi connectivity index (χ1n) is 10.6. The molecule has 30 heavy (non-hydrogen) atoms. The number of benzene rings is 3. The van der Waals surface area contributed by atoms with Gasteiger partial charge in [-0.25, -0.2) is 0 Å². The first kappa shape index (κ1) is 23.4. The maximum atomic E-state index is 6.09. The molecule has 0 heterocycles. The van der Waals surface area contributed by atoms with Crippen LogP contribution >= 0.6 is 21.2 Å². The second-order valence-corrected chi connectivity index (χ2v) is 23.3. The molecule has 0 aliphatic carbocycles. The minimum absolute atomic E-state index is 0.944. The van der Waals surface area contributed by atoms with Crippen LogP contribution in [0.4, 0.5) is 0 Å². The number of hydrogen-bond acceptors (Lipinski definition) is 2. The quantitative estimate of drug-likeness (QED) is 0.322. The molecule has 0 atom stereocenters. The number of aryl methyl sites for hydroxylation is 3. The van der Waals surface area contributed by atoms with E-state index in [2.05, 4.69) is 112 Å². The second kappa shape index (κ2) is 10.3. The monoisotopic (exact) mass is 541 g/mol. The summed E-state index contributed by atoms with van der Waals surface area (Å²) in [4.78, 5) is 2.33. The molecule has 4 heteroatoms. The molecule has 0 aliphatic heterocycles. The van der Waals surface area contributed by atoms with Gasteiger partial charge in [-0.2, -0.15) is 0 Å². The molecule has 0 N–H and O–H groups in total. The van der Waals surface area contributed by atoms with Gasteiger partial charge in [0.05, 0.1) is 0 Å². The zero-order valence-electron chi connectivity index (χ0n) is 18.6. The summed E-state index contributed by atoms with van der Waals surface area (Å²) in [6.45, 7) is 13.1. The van der Waals surface area contributed by atoms with Gasteiger partial charge in [-0.1, -0.05) is 0 Å². The molecular weight excluding hydrogens is 509 g/mol. The predicted octanol–water partition coefficient (Wildman–Crippen LogP) is 4.94. The number of rotatable bonds is 6. The van der Waals surface area contributed by atoms with Crippen LogP contribution in [0.15, 0.2) is 72.8 Å². The molecule has 0 unspecified atom stereocenters. The third-order valence-corrected chi connectivity index (χ3v) is 28.4. The Hall–Kier alpha value is -1.30. The molecule has 0 amide bonds. The van der Waals surface area contributed by atoms with E-state index < -0.39 is 17.0 Å². The standard InChI is InChI=1S/3C7H7.C5H11NS2.Sn/c3*1-7-5-3-2-4-6-7;1-3-6(4-2)5(7)8;/h3*2-5H,1H3;3-4H2,1-2H3,(H,7,8);/q;;;;+1/p-1. The van der Waals surface area contributed by atoms with Gasteiger partial charge in [-0.3, -0.25) is 0 Å². The Kier molecular flexibility index (Phi) is 8.05. The van der Waals surface area contributed by atoms with E-state index in [1.807, 2.05) is 8.95 Å².